The van der Waals surface area contributed by atoms with Gasteiger partial charge >= 0.3 is 0 Å². The molecule has 2 rings (SSSR count). The summed E-state index contributed by atoms with van der Waals surface area (Å²) in [5, 5.41) is 0. The van der Waals surface area contributed by atoms with Crippen LogP contribution in [0.1, 0.15) is 0 Å². The summed E-state index contributed by atoms with van der Waals surface area (Å²) in [4.78, 5) is 4.42. The molecule has 0 aliphatic rings. The monoisotopic (exact) mass is 293 g/mol. The van der Waals surface area contributed by atoms with E-state index < -0.39 is 0 Å². The second kappa shape index (κ2) is 5.19. The summed E-state index contributed by atoms with van der Waals surface area (Å²) in [6.07, 6.45) is 0. The van der Waals surface area contributed by atoms with Crippen molar-refractivity contribution < 1.29 is 9.47 Å². The zero-order valence-electron chi connectivity index (χ0n) is 9.61. The van der Waals surface area contributed by atoms with Crippen LogP contribution in [0.2, 0.25) is 0 Å². The minimum atomic E-state index is 0.745. The van der Waals surface area contributed by atoms with E-state index in [0.29, 0.717) is 0 Å². The number of nitrogens with zero attached hydrogens (tertiary/aromatic N) is 1. The van der Waals surface area contributed by atoms with Crippen molar-refractivity contribution in [1.82, 2.24) is 4.98 Å². The van der Waals surface area contributed by atoms with Crippen LogP contribution in [0.25, 0.3) is 11.3 Å². The van der Waals surface area contributed by atoms with Gasteiger partial charge in [0.15, 0.2) is 0 Å². The first kappa shape index (κ1) is 11.9. The molecule has 0 aliphatic heterocycles. The van der Waals surface area contributed by atoms with E-state index in [1.807, 2.05) is 36.4 Å². The highest BCUT2D eigenvalue weighted by Crippen LogP contribution is 2.37. The topological polar surface area (TPSA) is 31.4 Å². The second-order valence-electron chi connectivity index (χ2n) is 3.38. The Hall–Kier alpha value is -1.55. The predicted octanol–water partition coefficient (Wildman–Crippen LogP) is 3.53. The summed E-state index contributed by atoms with van der Waals surface area (Å²) >= 11 is 3.36. The summed E-state index contributed by atoms with van der Waals surface area (Å²) in [6.45, 7) is 0. The van der Waals surface area contributed by atoms with Crippen molar-refractivity contribution in [2.45, 2.75) is 0 Å². The summed E-state index contributed by atoms with van der Waals surface area (Å²) in [5.41, 5.74) is 1.67. The third kappa shape index (κ3) is 2.42. The highest BCUT2D eigenvalue weighted by atomic mass is 79.9. The molecule has 0 bridgehead atoms. The molecule has 2 aromatic rings. The quantitative estimate of drug-likeness (QED) is 0.812. The van der Waals surface area contributed by atoms with Crippen molar-refractivity contribution in [1.29, 1.82) is 0 Å². The van der Waals surface area contributed by atoms with Gasteiger partial charge in [-0.3, -0.25) is 0 Å². The fraction of sp³-hybridized carbons (Fsp3) is 0.154. The summed E-state index contributed by atoms with van der Waals surface area (Å²) < 4.78 is 11.5. The number of hydrogen-bond donors (Lipinski definition) is 0. The van der Waals surface area contributed by atoms with E-state index >= 15 is 0 Å². The van der Waals surface area contributed by atoms with Crippen molar-refractivity contribution in [3.05, 3.63) is 41.0 Å². The Morgan fingerprint density at radius 2 is 1.53 bits per heavy atom. The predicted molar refractivity (Wildman–Crippen MR) is 70.5 cm³/mol. The molecule has 1 heterocycles. The van der Waals surface area contributed by atoms with Gasteiger partial charge in [0.25, 0.3) is 0 Å². The van der Waals surface area contributed by atoms with Gasteiger partial charge in [-0.2, -0.15) is 0 Å². The van der Waals surface area contributed by atoms with E-state index in [-0.39, 0.29) is 0 Å². The molecule has 0 atom stereocenters. The molecule has 3 nitrogen and oxygen atoms in total. The van der Waals surface area contributed by atoms with E-state index in [4.69, 9.17) is 9.47 Å². The number of methoxy groups -OCH3 is 2. The molecular weight excluding hydrogens is 282 g/mol. The van der Waals surface area contributed by atoms with Gasteiger partial charge in [-0.1, -0.05) is 12.1 Å². The molecule has 0 saturated carbocycles. The first-order valence-corrected chi connectivity index (χ1v) is 5.89. The molecule has 0 spiro atoms. The van der Waals surface area contributed by atoms with Gasteiger partial charge in [0.1, 0.15) is 16.1 Å². The third-order valence-corrected chi connectivity index (χ3v) is 2.84. The fourth-order valence-electron chi connectivity index (χ4n) is 1.65. The van der Waals surface area contributed by atoms with Crippen molar-refractivity contribution in [2.24, 2.45) is 0 Å². The average Bonchev–Trinajstić information content (AvgIpc) is 2.37. The van der Waals surface area contributed by atoms with Gasteiger partial charge in [0, 0.05) is 0 Å². The fourth-order valence-corrected chi connectivity index (χ4v) is 1.99. The average molecular weight is 294 g/mol. The molecule has 88 valence electrons. The first-order valence-electron chi connectivity index (χ1n) is 5.10. The van der Waals surface area contributed by atoms with E-state index in [2.05, 4.69) is 20.9 Å². The maximum atomic E-state index is 5.35. The van der Waals surface area contributed by atoms with Crippen molar-refractivity contribution >= 4 is 15.9 Å². The highest BCUT2D eigenvalue weighted by Gasteiger charge is 2.13. The molecule has 0 radical (unpaired) electrons. The number of halogens is 1. The summed E-state index contributed by atoms with van der Waals surface area (Å²) in [5.74, 6) is 1.49. The van der Waals surface area contributed by atoms with Crippen molar-refractivity contribution in [3.63, 3.8) is 0 Å². The zero-order valence-corrected chi connectivity index (χ0v) is 11.2. The molecular formula is C13H12BrNO2. The van der Waals surface area contributed by atoms with Crippen LogP contribution in [0.5, 0.6) is 11.5 Å². The van der Waals surface area contributed by atoms with E-state index in [9.17, 15) is 0 Å². The van der Waals surface area contributed by atoms with Gasteiger partial charge in [0.2, 0.25) is 0 Å². The molecule has 4 heteroatoms. The number of benzene rings is 1. The molecule has 1 aromatic carbocycles. The van der Waals surface area contributed by atoms with Crippen LogP contribution < -0.4 is 9.47 Å². The maximum Gasteiger partial charge on any atom is 0.132 e. The minimum absolute atomic E-state index is 0.745. The van der Waals surface area contributed by atoms with Crippen LogP contribution in [-0.2, 0) is 0 Å². The van der Waals surface area contributed by atoms with Crippen LogP contribution in [0, 0.1) is 0 Å². The molecule has 0 unspecified atom stereocenters. The zero-order chi connectivity index (χ0) is 12.3. The van der Waals surface area contributed by atoms with Gasteiger partial charge in [-0.15, -0.1) is 0 Å². The van der Waals surface area contributed by atoms with Crippen LogP contribution >= 0.6 is 15.9 Å². The van der Waals surface area contributed by atoms with E-state index in [1.165, 1.54) is 0 Å². The Labute approximate surface area is 109 Å². The number of aromatic nitrogens is 1. The molecule has 0 amide bonds. The largest absolute Gasteiger partial charge is 0.496 e. The summed E-state index contributed by atoms with van der Waals surface area (Å²) in [6, 6.07) is 11.4. The Kier molecular flexibility index (Phi) is 3.64. The minimum Gasteiger partial charge on any atom is -0.496 e. The second-order valence-corrected chi connectivity index (χ2v) is 4.20. The van der Waals surface area contributed by atoms with Crippen LogP contribution in [-0.4, -0.2) is 19.2 Å². The maximum absolute atomic E-state index is 5.35. The van der Waals surface area contributed by atoms with E-state index in [0.717, 1.165) is 27.4 Å². The number of hydrogen-bond acceptors (Lipinski definition) is 3. The molecule has 0 aliphatic carbocycles. The lowest BCUT2D eigenvalue weighted by molar-refractivity contribution is 0.397. The van der Waals surface area contributed by atoms with Crippen molar-refractivity contribution in [3.8, 4) is 22.8 Å². The number of ether oxygens (including phenoxy) is 2. The Balaban J connectivity index is 2.64. The van der Waals surface area contributed by atoms with Crippen molar-refractivity contribution in [2.75, 3.05) is 14.2 Å². The molecule has 0 fully saturated rings. The van der Waals surface area contributed by atoms with Crippen LogP contribution in [0.3, 0.4) is 0 Å². The number of pyridine rings is 1. The molecule has 17 heavy (non-hydrogen) atoms. The SMILES string of the molecule is COc1cccc(OC)c1-c1cccc(Br)n1. The van der Waals surface area contributed by atoms with Gasteiger partial charge in [-0.05, 0) is 40.2 Å². The Bertz CT molecular complexity index is 506. The van der Waals surface area contributed by atoms with Crippen LogP contribution in [0.4, 0.5) is 0 Å². The van der Waals surface area contributed by atoms with Crippen LogP contribution in [0.15, 0.2) is 41.0 Å². The third-order valence-electron chi connectivity index (χ3n) is 2.40. The lowest BCUT2D eigenvalue weighted by Crippen LogP contribution is -1.94. The standard InChI is InChI=1S/C13H12BrNO2/c1-16-10-6-4-7-11(17-2)13(10)9-5-3-8-12(14)15-9/h3-8H,1-2H3. The Morgan fingerprint density at radius 3 is 2.06 bits per heavy atom. The van der Waals surface area contributed by atoms with E-state index in [1.54, 1.807) is 14.2 Å². The smallest absolute Gasteiger partial charge is 0.132 e. The molecule has 0 saturated heterocycles. The summed E-state index contributed by atoms with van der Waals surface area (Å²) in [7, 11) is 3.27. The lowest BCUT2D eigenvalue weighted by Gasteiger charge is -2.12. The normalized spacial score (nSPS) is 10.1. The number of rotatable bonds is 3. The molecule has 1 aromatic heterocycles. The Morgan fingerprint density at radius 1 is 0.941 bits per heavy atom. The first-order chi connectivity index (χ1) is 8.26. The van der Waals surface area contributed by atoms with Gasteiger partial charge in [-0.25, -0.2) is 4.98 Å². The van der Waals surface area contributed by atoms with Gasteiger partial charge < -0.3 is 9.47 Å². The lowest BCUT2D eigenvalue weighted by atomic mass is 10.1. The van der Waals surface area contributed by atoms with Gasteiger partial charge in [0.05, 0.1) is 25.5 Å². The molecule has 0 N–H and O–H groups in total. The highest BCUT2D eigenvalue weighted by molar-refractivity contribution is 9.10.